The summed E-state index contributed by atoms with van der Waals surface area (Å²) in [4.78, 5) is 58.7. The number of benzene rings is 2. The van der Waals surface area contributed by atoms with Crippen LogP contribution in [-0.2, 0) is 19.1 Å². The number of amides is 4. The Kier molecular flexibility index (Phi) is 11.2. The zero-order chi connectivity index (χ0) is 37.3. The van der Waals surface area contributed by atoms with Crippen molar-refractivity contribution < 1.29 is 33.4 Å². The van der Waals surface area contributed by atoms with Gasteiger partial charge in [0.1, 0.15) is 23.5 Å². The van der Waals surface area contributed by atoms with Crippen LogP contribution in [0.2, 0.25) is 0 Å². The minimum atomic E-state index is -0.916. The summed E-state index contributed by atoms with van der Waals surface area (Å²) in [5, 5.41) is 16.5. The molecule has 4 atom stereocenters. The fraction of sp³-hybridized carbons (Fsp3) is 0.590. The van der Waals surface area contributed by atoms with E-state index in [9.17, 15) is 28.7 Å². The number of ether oxygens (including phenoxy) is 1. The molecule has 51 heavy (non-hydrogen) atoms. The quantitative estimate of drug-likeness (QED) is 0.369. The van der Waals surface area contributed by atoms with Crippen LogP contribution in [0.5, 0.6) is 0 Å². The number of hydrogen-bond donors (Lipinski definition) is 3. The summed E-state index contributed by atoms with van der Waals surface area (Å²) in [6.45, 7) is 15.8. The number of aliphatic hydroxyl groups excluding tert-OH is 1. The average Bonchev–Trinajstić information content (AvgIpc) is 3.43. The topological polar surface area (TPSA) is 132 Å². The number of likely N-dealkylation sites (tertiary alicyclic amines) is 3. The highest BCUT2D eigenvalue weighted by molar-refractivity contribution is 5.93. The predicted octanol–water partition coefficient (Wildman–Crippen LogP) is 4.50. The maximum absolute atomic E-state index is 14.3. The summed E-state index contributed by atoms with van der Waals surface area (Å²) >= 11 is 0. The molecule has 3 saturated heterocycles. The van der Waals surface area contributed by atoms with E-state index in [4.69, 9.17) is 4.74 Å². The van der Waals surface area contributed by atoms with E-state index in [1.54, 1.807) is 35.2 Å². The second kappa shape index (κ2) is 14.9. The molecule has 11 nitrogen and oxygen atoms in total. The highest BCUT2D eigenvalue weighted by Gasteiger charge is 2.48. The third-order valence-corrected chi connectivity index (χ3v) is 10.2. The Balaban J connectivity index is 1.15. The van der Waals surface area contributed by atoms with E-state index in [2.05, 4.69) is 15.5 Å². The van der Waals surface area contributed by atoms with Crippen LogP contribution in [-0.4, -0.2) is 107 Å². The number of nitrogens with one attached hydrogen (secondary N) is 2. The second-order valence-corrected chi connectivity index (χ2v) is 16.7. The Bertz CT molecular complexity index is 1590. The van der Waals surface area contributed by atoms with Crippen LogP contribution >= 0.6 is 0 Å². The molecule has 5 rings (SSSR count). The summed E-state index contributed by atoms with van der Waals surface area (Å²) in [6.07, 6.45) is 0.591. The zero-order valence-corrected chi connectivity index (χ0v) is 31.0. The van der Waals surface area contributed by atoms with Crippen molar-refractivity contribution in [3.8, 4) is 11.1 Å². The van der Waals surface area contributed by atoms with Gasteiger partial charge in [-0.25, -0.2) is 9.18 Å². The average molecular weight is 708 g/mol. The van der Waals surface area contributed by atoms with Crippen LogP contribution in [0.15, 0.2) is 48.5 Å². The summed E-state index contributed by atoms with van der Waals surface area (Å²) in [5.74, 6) is -1.40. The van der Waals surface area contributed by atoms with Crippen molar-refractivity contribution in [2.45, 2.75) is 97.6 Å². The van der Waals surface area contributed by atoms with Crippen LogP contribution in [0.1, 0.15) is 79.3 Å². The SMILES string of the molecule is C[C@H](NC(=O)[C@@H]1C[C@@H](O)CN1C(=O)[C@@H](NC(=O)CN1CC2(CCN(C(=O)OC(C)(C)C)CC2)C1)C(C)(C)C)c1ccc(-c2ccccc2F)cc1. The van der Waals surface area contributed by atoms with E-state index in [0.29, 0.717) is 18.7 Å². The molecule has 4 amide bonds. The maximum Gasteiger partial charge on any atom is 0.410 e. The van der Waals surface area contributed by atoms with Crippen LogP contribution in [0.4, 0.5) is 9.18 Å². The first kappa shape index (κ1) is 38.2. The third kappa shape index (κ3) is 9.26. The molecular weight excluding hydrogens is 653 g/mol. The number of halogens is 1. The molecule has 0 aromatic heterocycles. The first-order valence-corrected chi connectivity index (χ1v) is 18.0. The van der Waals surface area contributed by atoms with Crippen molar-refractivity contribution in [3.05, 3.63) is 59.9 Å². The molecular formula is C39H54FN5O6. The Labute approximate surface area is 300 Å². The number of rotatable bonds is 8. The number of carbonyl (C=O) groups is 4. The van der Waals surface area contributed by atoms with Gasteiger partial charge in [0, 0.05) is 44.7 Å². The molecule has 3 aliphatic heterocycles. The minimum absolute atomic E-state index is 0.0138. The molecule has 1 spiro atoms. The molecule has 0 unspecified atom stereocenters. The summed E-state index contributed by atoms with van der Waals surface area (Å²) in [5.41, 5.74) is 0.863. The highest BCUT2D eigenvalue weighted by Crippen LogP contribution is 2.40. The van der Waals surface area contributed by atoms with Gasteiger partial charge in [-0.3, -0.25) is 19.3 Å². The monoisotopic (exact) mass is 707 g/mol. The summed E-state index contributed by atoms with van der Waals surface area (Å²) < 4.78 is 19.8. The lowest BCUT2D eigenvalue weighted by Crippen LogP contribution is -2.63. The number of β-amino-alcohol motifs (C(OH)–C–C–N with tert-alkyl or cyclic N) is 1. The molecule has 3 heterocycles. The lowest BCUT2D eigenvalue weighted by Gasteiger charge is -2.53. The molecule has 0 saturated carbocycles. The van der Waals surface area contributed by atoms with Gasteiger partial charge in [0.05, 0.1) is 18.7 Å². The predicted molar refractivity (Wildman–Crippen MR) is 192 cm³/mol. The molecule has 278 valence electrons. The molecule has 0 radical (unpaired) electrons. The molecule has 3 N–H and O–H groups in total. The standard InChI is InChI=1S/C39H54FN5O6/c1-25(26-12-14-27(15-13-26)29-10-8-9-11-30(29)40)41-34(48)31-20-28(46)21-45(31)35(49)33(37(2,3)4)42-32(47)22-43-23-39(24-43)16-18-44(19-17-39)36(50)51-38(5,6)7/h8-15,25,28,31,33,46H,16-24H2,1-7H3,(H,41,48)(H,42,47)/t25-,28+,31-,33+/m0/s1. The number of aliphatic hydroxyl groups is 1. The van der Waals surface area contributed by atoms with Crippen molar-refractivity contribution in [1.82, 2.24) is 25.3 Å². The highest BCUT2D eigenvalue weighted by atomic mass is 19.1. The molecule has 3 aliphatic rings. The van der Waals surface area contributed by atoms with Crippen LogP contribution in [0, 0.1) is 16.6 Å². The lowest BCUT2D eigenvalue weighted by molar-refractivity contribution is -0.145. The van der Waals surface area contributed by atoms with E-state index < -0.39 is 47.1 Å². The van der Waals surface area contributed by atoms with Crippen molar-refractivity contribution >= 4 is 23.8 Å². The van der Waals surface area contributed by atoms with Crippen LogP contribution in [0.25, 0.3) is 11.1 Å². The fourth-order valence-electron chi connectivity index (χ4n) is 7.39. The fourth-order valence-corrected chi connectivity index (χ4v) is 7.39. The van der Waals surface area contributed by atoms with Gasteiger partial charge < -0.3 is 30.3 Å². The van der Waals surface area contributed by atoms with E-state index in [0.717, 1.165) is 37.1 Å². The normalized spacial score (nSPS) is 21.8. The Morgan fingerprint density at radius 3 is 2.18 bits per heavy atom. The van der Waals surface area contributed by atoms with Gasteiger partial charge in [-0.15, -0.1) is 0 Å². The van der Waals surface area contributed by atoms with Crippen molar-refractivity contribution in [3.63, 3.8) is 0 Å². The van der Waals surface area contributed by atoms with Gasteiger partial charge in [-0.1, -0.05) is 63.2 Å². The largest absolute Gasteiger partial charge is 0.444 e. The Morgan fingerprint density at radius 2 is 1.59 bits per heavy atom. The number of piperidine rings is 1. The third-order valence-electron chi connectivity index (χ3n) is 10.2. The lowest BCUT2D eigenvalue weighted by atomic mass is 9.72. The van der Waals surface area contributed by atoms with E-state index in [1.165, 1.54) is 11.0 Å². The molecule has 2 aromatic carbocycles. The van der Waals surface area contributed by atoms with Crippen molar-refractivity contribution in [2.24, 2.45) is 10.8 Å². The summed E-state index contributed by atoms with van der Waals surface area (Å²) in [6, 6.07) is 11.6. The van der Waals surface area contributed by atoms with Crippen molar-refractivity contribution in [2.75, 3.05) is 39.3 Å². The van der Waals surface area contributed by atoms with Gasteiger partial charge in [0.25, 0.3) is 0 Å². The number of hydrogen-bond acceptors (Lipinski definition) is 7. The van der Waals surface area contributed by atoms with Crippen LogP contribution in [0.3, 0.4) is 0 Å². The smallest absolute Gasteiger partial charge is 0.410 e. The van der Waals surface area contributed by atoms with Gasteiger partial charge in [0.2, 0.25) is 17.7 Å². The first-order chi connectivity index (χ1) is 23.8. The molecule has 2 aromatic rings. The molecule has 3 fully saturated rings. The van der Waals surface area contributed by atoms with Gasteiger partial charge in [-0.05, 0) is 68.6 Å². The minimum Gasteiger partial charge on any atom is -0.444 e. The molecule has 0 aliphatic carbocycles. The van der Waals surface area contributed by atoms with Gasteiger partial charge >= 0.3 is 6.09 Å². The van der Waals surface area contributed by atoms with Gasteiger partial charge in [-0.2, -0.15) is 0 Å². The first-order valence-electron chi connectivity index (χ1n) is 18.0. The molecule has 0 bridgehead atoms. The number of nitrogens with zero attached hydrogens (tertiary/aromatic N) is 3. The van der Waals surface area contributed by atoms with Gasteiger partial charge in [0.15, 0.2) is 0 Å². The maximum atomic E-state index is 14.3. The van der Waals surface area contributed by atoms with E-state index >= 15 is 0 Å². The second-order valence-electron chi connectivity index (χ2n) is 16.7. The summed E-state index contributed by atoms with van der Waals surface area (Å²) in [7, 11) is 0. The Morgan fingerprint density at radius 1 is 0.961 bits per heavy atom. The Hall–Kier alpha value is -4.03. The van der Waals surface area contributed by atoms with E-state index in [1.807, 2.05) is 60.6 Å². The molecule has 12 heteroatoms. The van der Waals surface area contributed by atoms with Crippen molar-refractivity contribution in [1.29, 1.82) is 0 Å². The van der Waals surface area contributed by atoms with Crippen LogP contribution < -0.4 is 10.6 Å². The number of carbonyl (C=O) groups excluding carboxylic acids is 4. The zero-order valence-electron chi connectivity index (χ0n) is 31.0. The van der Waals surface area contributed by atoms with E-state index in [-0.39, 0.29) is 42.7 Å².